The second-order valence-electron chi connectivity index (χ2n) is 5.16. The Morgan fingerprint density at radius 1 is 1.33 bits per heavy atom. The molecule has 0 amide bonds. The van der Waals surface area contributed by atoms with Gasteiger partial charge in [0.1, 0.15) is 5.82 Å². The summed E-state index contributed by atoms with van der Waals surface area (Å²) in [5.74, 6) is 0.309. The highest BCUT2D eigenvalue weighted by Crippen LogP contribution is 2.29. The summed E-state index contributed by atoms with van der Waals surface area (Å²) in [6.45, 7) is 2.70. The van der Waals surface area contributed by atoms with Crippen molar-refractivity contribution in [3.8, 4) is 0 Å². The molecule has 1 aromatic carbocycles. The molecule has 2 nitrogen and oxygen atoms in total. The van der Waals surface area contributed by atoms with E-state index in [-0.39, 0.29) is 11.5 Å². The van der Waals surface area contributed by atoms with Gasteiger partial charge in [-0.05, 0) is 36.5 Å². The zero-order valence-corrected chi connectivity index (χ0v) is 11.0. The molecule has 0 saturated heterocycles. The summed E-state index contributed by atoms with van der Waals surface area (Å²) in [4.78, 5) is 0. The summed E-state index contributed by atoms with van der Waals surface area (Å²) in [6.07, 6.45) is 6.46. The molecule has 1 saturated carbocycles. The number of benzene rings is 1. The first-order valence-corrected chi connectivity index (χ1v) is 6.86. The van der Waals surface area contributed by atoms with Crippen LogP contribution in [-0.2, 0) is 11.3 Å². The van der Waals surface area contributed by atoms with Crippen LogP contribution in [-0.4, -0.2) is 6.10 Å². The highest BCUT2D eigenvalue weighted by molar-refractivity contribution is 5.41. The van der Waals surface area contributed by atoms with Gasteiger partial charge in [-0.15, -0.1) is 0 Å². The van der Waals surface area contributed by atoms with E-state index in [0.717, 1.165) is 12.0 Å². The third kappa shape index (κ3) is 3.22. The lowest BCUT2D eigenvalue weighted by Gasteiger charge is -2.30. The van der Waals surface area contributed by atoms with Crippen molar-refractivity contribution in [2.45, 2.75) is 51.7 Å². The van der Waals surface area contributed by atoms with Crippen molar-refractivity contribution < 1.29 is 9.13 Å². The Morgan fingerprint density at radius 3 is 2.83 bits per heavy atom. The van der Waals surface area contributed by atoms with E-state index in [1.165, 1.54) is 31.7 Å². The molecule has 2 atom stereocenters. The Bertz CT molecular complexity index is 394. The van der Waals surface area contributed by atoms with Crippen LogP contribution in [0.15, 0.2) is 18.2 Å². The molecular formula is C15H22FNO. The standard InChI is InChI=1S/C15H22FNO/c1-2-12-5-3-4-6-15(12)18-10-11-7-8-14(17)13(16)9-11/h7-9,12,15H,2-6,10,17H2,1H3. The van der Waals surface area contributed by atoms with Crippen LogP contribution in [0.4, 0.5) is 10.1 Å². The van der Waals surface area contributed by atoms with Crippen molar-refractivity contribution in [3.63, 3.8) is 0 Å². The normalized spacial score (nSPS) is 24.1. The molecule has 0 aliphatic heterocycles. The number of hydrogen-bond donors (Lipinski definition) is 1. The fraction of sp³-hybridized carbons (Fsp3) is 0.600. The molecule has 1 aliphatic rings. The minimum Gasteiger partial charge on any atom is -0.396 e. The van der Waals surface area contributed by atoms with E-state index in [4.69, 9.17) is 10.5 Å². The maximum absolute atomic E-state index is 13.3. The van der Waals surface area contributed by atoms with Gasteiger partial charge in [-0.1, -0.05) is 32.3 Å². The Hall–Kier alpha value is -1.09. The molecule has 1 fully saturated rings. The molecule has 0 bridgehead atoms. The average molecular weight is 251 g/mol. The first-order chi connectivity index (χ1) is 8.70. The molecule has 2 rings (SSSR count). The summed E-state index contributed by atoms with van der Waals surface area (Å²) >= 11 is 0. The molecule has 0 spiro atoms. The van der Waals surface area contributed by atoms with Crippen LogP contribution in [0.3, 0.4) is 0 Å². The van der Waals surface area contributed by atoms with Crippen LogP contribution in [0.1, 0.15) is 44.6 Å². The lowest BCUT2D eigenvalue weighted by atomic mass is 9.85. The van der Waals surface area contributed by atoms with Gasteiger partial charge in [0.05, 0.1) is 18.4 Å². The smallest absolute Gasteiger partial charge is 0.146 e. The van der Waals surface area contributed by atoms with Gasteiger partial charge in [-0.3, -0.25) is 0 Å². The van der Waals surface area contributed by atoms with E-state index in [1.54, 1.807) is 6.07 Å². The molecule has 2 unspecified atom stereocenters. The minimum atomic E-state index is -0.355. The number of nitrogen functional groups attached to an aromatic ring is 1. The first kappa shape index (κ1) is 13.3. The number of hydrogen-bond acceptors (Lipinski definition) is 2. The van der Waals surface area contributed by atoms with E-state index >= 15 is 0 Å². The molecule has 18 heavy (non-hydrogen) atoms. The van der Waals surface area contributed by atoms with Crippen LogP contribution in [0.25, 0.3) is 0 Å². The predicted molar refractivity (Wildman–Crippen MR) is 71.6 cm³/mol. The van der Waals surface area contributed by atoms with Gasteiger partial charge in [-0.25, -0.2) is 4.39 Å². The Morgan fingerprint density at radius 2 is 2.11 bits per heavy atom. The lowest BCUT2D eigenvalue weighted by Crippen LogP contribution is -2.27. The molecule has 1 aliphatic carbocycles. The van der Waals surface area contributed by atoms with Gasteiger partial charge in [0, 0.05) is 0 Å². The van der Waals surface area contributed by atoms with Gasteiger partial charge >= 0.3 is 0 Å². The number of anilines is 1. The van der Waals surface area contributed by atoms with Crippen molar-refractivity contribution in [2.24, 2.45) is 5.92 Å². The summed E-state index contributed by atoms with van der Waals surface area (Å²) in [6, 6.07) is 4.91. The fourth-order valence-electron chi connectivity index (χ4n) is 2.72. The van der Waals surface area contributed by atoms with Crippen LogP contribution in [0.2, 0.25) is 0 Å². The maximum Gasteiger partial charge on any atom is 0.146 e. The number of ether oxygens (including phenoxy) is 1. The second-order valence-corrected chi connectivity index (χ2v) is 5.16. The molecule has 0 heterocycles. The zero-order chi connectivity index (χ0) is 13.0. The number of nitrogens with two attached hydrogens (primary N) is 1. The Kier molecular flexibility index (Phi) is 4.59. The zero-order valence-electron chi connectivity index (χ0n) is 11.0. The molecule has 0 radical (unpaired) electrons. The van der Waals surface area contributed by atoms with Crippen LogP contribution < -0.4 is 5.73 Å². The van der Waals surface area contributed by atoms with Gasteiger partial charge < -0.3 is 10.5 Å². The summed E-state index contributed by atoms with van der Waals surface area (Å²) in [7, 11) is 0. The number of halogens is 1. The van der Waals surface area contributed by atoms with E-state index in [2.05, 4.69) is 6.92 Å². The van der Waals surface area contributed by atoms with Crippen molar-refractivity contribution in [1.82, 2.24) is 0 Å². The summed E-state index contributed by atoms with van der Waals surface area (Å²) < 4.78 is 19.3. The van der Waals surface area contributed by atoms with Gasteiger partial charge in [-0.2, -0.15) is 0 Å². The third-order valence-corrected chi connectivity index (χ3v) is 3.89. The van der Waals surface area contributed by atoms with Gasteiger partial charge in [0.25, 0.3) is 0 Å². The maximum atomic E-state index is 13.3. The van der Waals surface area contributed by atoms with Crippen LogP contribution >= 0.6 is 0 Å². The fourth-order valence-corrected chi connectivity index (χ4v) is 2.72. The van der Waals surface area contributed by atoms with E-state index in [9.17, 15) is 4.39 Å². The quantitative estimate of drug-likeness (QED) is 0.824. The first-order valence-electron chi connectivity index (χ1n) is 6.86. The molecular weight excluding hydrogens is 229 g/mol. The summed E-state index contributed by atoms with van der Waals surface area (Å²) in [5.41, 5.74) is 6.52. The van der Waals surface area contributed by atoms with E-state index in [0.29, 0.717) is 18.6 Å². The molecule has 3 heteroatoms. The van der Waals surface area contributed by atoms with Gasteiger partial charge in [0.15, 0.2) is 0 Å². The monoisotopic (exact) mass is 251 g/mol. The SMILES string of the molecule is CCC1CCCCC1OCc1ccc(N)c(F)c1. The minimum absolute atomic E-state index is 0.197. The lowest BCUT2D eigenvalue weighted by molar-refractivity contribution is -0.0222. The molecule has 100 valence electrons. The molecule has 1 aromatic rings. The third-order valence-electron chi connectivity index (χ3n) is 3.89. The predicted octanol–water partition coefficient (Wildman–Crippen LogP) is 3.89. The highest BCUT2D eigenvalue weighted by Gasteiger charge is 2.24. The van der Waals surface area contributed by atoms with E-state index in [1.807, 2.05) is 6.07 Å². The Labute approximate surface area is 108 Å². The second kappa shape index (κ2) is 6.19. The average Bonchev–Trinajstić information content (AvgIpc) is 2.40. The molecule has 2 N–H and O–H groups in total. The topological polar surface area (TPSA) is 35.2 Å². The van der Waals surface area contributed by atoms with Crippen LogP contribution in [0, 0.1) is 11.7 Å². The van der Waals surface area contributed by atoms with Gasteiger partial charge in [0.2, 0.25) is 0 Å². The van der Waals surface area contributed by atoms with Crippen molar-refractivity contribution in [1.29, 1.82) is 0 Å². The largest absolute Gasteiger partial charge is 0.396 e. The van der Waals surface area contributed by atoms with Crippen molar-refractivity contribution in [2.75, 3.05) is 5.73 Å². The highest BCUT2D eigenvalue weighted by atomic mass is 19.1. The number of rotatable bonds is 4. The summed E-state index contributed by atoms with van der Waals surface area (Å²) in [5, 5.41) is 0. The molecule has 0 aromatic heterocycles. The van der Waals surface area contributed by atoms with Crippen molar-refractivity contribution >= 4 is 5.69 Å². The van der Waals surface area contributed by atoms with Crippen LogP contribution in [0.5, 0.6) is 0 Å². The van der Waals surface area contributed by atoms with Crippen molar-refractivity contribution in [3.05, 3.63) is 29.6 Å². The van der Waals surface area contributed by atoms with E-state index < -0.39 is 0 Å². The Balaban J connectivity index is 1.91.